The van der Waals surface area contributed by atoms with Crippen LogP contribution in [0.25, 0.3) is 15.5 Å². The van der Waals surface area contributed by atoms with Gasteiger partial charge in [0.25, 0.3) is 0 Å². The van der Waals surface area contributed by atoms with Crippen LogP contribution in [0.5, 0.6) is 0 Å². The Hall–Kier alpha value is -1.70. The smallest absolute Gasteiger partial charge is 0.235 e. The van der Waals surface area contributed by atoms with Gasteiger partial charge in [0.1, 0.15) is 11.6 Å². The molecule has 0 saturated heterocycles. The zero-order valence-electron chi connectivity index (χ0n) is 10.00. The molecule has 0 aliphatic rings. The molecule has 2 aromatic heterocycles. The van der Waals surface area contributed by atoms with Crippen LogP contribution in [-0.2, 0) is 11.3 Å². The summed E-state index contributed by atoms with van der Waals surface area (Å²) in [4.78, 5) is 0.718. The quantitative estimate of drug-likeness (QED) is 0.750. The van der Waals surface area contributed by atoms with Crippen molar-refractivity contribution in [3.05, 3.63) is 29.0 Å². The second kappa shape index (κ2) is 4.76. The number of ether oxygens (including phenoxy) is 1. The number of hydrogen-bond donors (Lipinski definition) is 1. The number of benzene rings is 1. The van der Waals surface area contributed by atoms with Gasteiger partial charge in [0.2, 0.25) is 4.96 Å². The number of hydrogen-bond acceptors (Lipinski definition) is 6. The Morgan fingerprint density at radius 1 is 1.42 bits per heavy atom. The van der Waals surface area contributed by atoms with Crippen LogP contribution in [0.4, 0.5) is 5.69 Å². The van der Waals surface area contributed by atoms with Gasteiger partial charge in [0, 0.05) is 12.7 Å². The molecule has 3 rings (SSSR count). The standard InChI is InChI=1S/C11H10ClN5OS/c1-18-5-9-14-15-11-17(9)16-10(19-11)6-2-3-8(13)7(12)4-6/h2-4H,5,13H2,1H3. The summed E-state index contributed by atoms with van der Waals surface area (Å²) in [7, 11) is 1.61. The van der Waals surface area contributed by atoms with E-state index in [1.807, 2.05) is 6.07 Å². The summed E-state index contributed by atoms with van der Waals surface area (Å²) in [5.41, 5.74) is 7.14. The second-order valence-corrected chi connectivity index (χ2v) is 5.25. The maximum Gasteiger partial charge on any atom is 0.235 e. The average Bonchev–Trinajstić information content (AvgIpc) is 2.95. The Morgan fingerprint density at radius 2 is 2.26 bits per heavy atom. The van der Waals surface area contributed by atoms with Crippen LogP contribution in [0, 0.1) is 0 Å². The second-order valence-electron chi connectivity index (χ2n) is 3.89. The molecule has 0 fully saturated rings. The molecule has 0 aliphatic heterocycles. The van der Waals surface area contributed by atoms with E-state index in [0.717, 1.165) is 15.5 Å². The van der Waals surface area contributed by atoms with Gasteiger partial charge in [-0.25, -0.2) is 0 Å². The summed E-state index contributed by atoms with van der Waals surface area (Å²) in [5, 5.41) is 13.8. The number of methoxy groups -OCH3 is 1. The Labute approximate surface area is 117 Å². The fraction of sp³-hybridized carbons (Fsp3) is 0.182. The molecule has 2 heterocycles. The van der Waals surface area contributed by atoms with Gasteiger partial charge in [0.05, 0.1) is 10.7 Å². The Bertz CT molecular complexity index is 738. The van der Waals surface area contributed by atoms with Crippen molar-refractivity contribution in [3.63, 3.8) is 0 Å². The van der Waals surface area contributed by atoms with Gasteiger partial charge in [-0.2, -0.15) is 9.61 Å². The molecule has 0 saturated carbocycles. The number of nitrogen functional groups attached to an aromatic ring is 1. The number of aromatic nitrogens is 4. The van der Waals surface area contributed by atoms with Crippen molar-refractivity contribution in [2.24, 2.45) is 0 Å². The largest absolute Gasteiger partial charge is 0.398 e. The molecule has 6 nitrogen and oxygen atoms in total. The maximum atomic E-state index is 6.01. The summed E-state index contributed by atoms with van der Waals surface area (Å²) >= 11 is 7.45. The number of nitrogens with zero attached hydrogens (tertiary/aromatic N) is 4. The molecule has 0 atom stereocenters. The molecular formula is C11H10ClN5OS. The lowest BCUT2D eigenvalue weighted by Gasteiger charge is -1.99. The van der Waals surface area contributed by atoms with Crippen LogP contribution >= 0.6 is 22.9 Å². The molecule has 2 N–H and O–H groups in total. The van der Waals surface area contributed by atoms with Gasteiger partial charge in [-0.1, -0.05) is 22.9 Å². The molecule has 0 unspecified atom stereocenters. The highest BCUT2D eigenvalue weighted by Gasteiger charge is 2.13. The number of anilines is 1. The molecule has 3 aromatic rings. The van der Waals surface area contributed by atoms with E-state index in [-0.39, 0.29) is 0 Å². The molecule has 98 valence electrons. The Kier molecular flexibility index (Phi) is 3.09. The lowest BCUT2D eigenvalue weighted by atomic mass is 10.2. The van der Waals surface area contributed by atoms with E-state index < -0.39 is 0 Å². The van der Waals surface area contributed by atoms with Gasteiger partial charge in [-0.15, -0.1) is 10.2 Å². The van der Waals surface area contributed by atoms with Crippen LogP contribution in [0.2, 0.25) is 5.02 Å². The summed E-state index contributed by atoms with van der Waals surface area (Å²) < 4.78 is 6.72. The number of fused-ring (bicyclic) bond motifs is 1. The topological polar surface area (TPSA) is 78.3 Å². The minimum Gasteiger partial charge on any atom is -0.398 e. The molecule has 19 heavy (non-hydrogen) atoms. The van der Waals surface area contributed by atoms with Crippen molar-refractivity contribution < 1.29 is 4.74 Å². The van der Waals surface area contributed by atoms with Gasteiger partial charge in [0.15, 0.2) is 5.82 Å². The average molecular weight is 296 g/mol. The van der Waals surface area contributed by atoms with E-state index in [9.17, 15) is 0 Å². The highest BCUT2D eigenvalue weighted by molar-refractivity contribution is 7.19. The van der Waals surface area contributed by atoms with E-state index in [2.05, 4.69) is 15.3 Å². The van der Waals surface area contributed by atoms with E-state index in [4.69, 9.17) is 22.1 Å². The first-order valence-electron chi connectivity index (χ1n) is 5.44. The molecule has 0 aliphatic carbocycles. The summed E-state index contributed by atoms with van der Waals surface area (Å²) in [5.74, 6) is 0.668. The first-order valence-corrected chi connectivity index (χ1v) is 6.64. The molecular weight excluding hydrogens is 286 g/mol. The first kappa shape index (κ1) is 12.3. The van der Waals surface area contributed by atoms with Gasteiger partial charge in [-0.3, -0.25) is 0 Å². The Morgan fingerprint density at radius 3 is 3.00 bits per heavy atom. The van der Waals surface area contributed by atoms with Gasteiger partial charge >= 0.3 is 0 Å². The first-order chi connectivity index (χ1) is 9.19. The van der Waals surface area contributed by atoms with Gasteiger partial charge < -0.3 is 10.5 Å². The predicted octanol–water partition coefficient (Wildman–Crippen LogP) is 2.23. The summed E-state index contributed by atoms with van der Waals surface area (Å²) in [6.45, 7) is 0.368. The fourth-order valence-corrected chi connectivity index (χ4v) is 2.69. The van der Waals surface area contributed by atoms with E-state index in [1.54, 1.807) is 23.8 Å². The minimum atomic E-state index is 0.368. The van der Waals surface area contributed by atoms with Crippen LogP contribution in [0.1, 0.15) is 5.82 Å². The molecule has 0 radical (unpaired) electrons. The summed E-state index contributed by atoms with van der Waals surface area (Å²) in [6.07, 6.45) is 0. The number of halogens is 1. The molecule has 0 spiro atoms. The van der Waals surface area contributed by atoms with Crippen molar-refractivity contribution in [1.82, 2.24) is 19.8 Å². The van der Waals surface area contributed by atoms with Crippen LogP contribution in [0.15, 0.2) is 18.2 Å². The SMILES string of the molecule is COCc1nnc2sc(-c3ccc(N)c(Cl)c3)nn12. The molecule has 8 heteroatoms. The third kappa shape index (κ3) is 2.16. The monoisotopic (exact) mass is 295 g/mol. The predicted molar refractivity (Wildman–Crippen MR) is 74.2 cm³/mol. The van der Waals surface area contributed by atoms with Gasteiger partial charge in [-0.05, 0) is 18.2 Å². The van der Waals surface area contributed by atoms with E-state index >= 15 is 0 Å². The molecule has 1 aromatic carbocycles. The van der Waals surface area contributed by atoms with Crippen molar-refractivity contribution in [2.75, 3.05) is 12.8 Å². The van der Waals surface area contributed by atoms with Crippen LogP contribution < -0.4 is 5.73 Å². The lowest BCUT2D eigenvalue weighted by Crippen LogP contribution is -1.97. The van der Waals surface area contributed by atoms with E-state index in [1.165, 1.54) is 11.3 Å². The zero-order valence-corrected chi connectivity index (χ0v) is 11.6. The van der Waals surface area contributed by atoms with Crippen LogP contribution in [0.3, 0.4) is 0 Å². The van der Waals surface area contributed by atoms with Crippen molar-refractivity contribution in [2.45, 2.75) is 6.61 Å². The highest BCUT2D eigenvalue weighted by atomic mass is 35.5. The normalized spacial score (nSPS) is 11.3. The molecule has 0 amide bonds. The summed E-state index contributed by atoms with van der Waals surface area (Å²) in [6, 6.07) is 5.43. The minimum absolute atomic E-state index is 0.368. The van der Waals surface area contributed by atoms with E-state index in [0.29, 0.717) is 23.1 Å². The maximum absolute atomic E-state index is 6.01. The third-order valence-corrected chi connectivity index (χ3v) is 3.85. The molecule has 0 bridgehead atoms. The van der Waals surface area contributed by atoms with Crippen LogP contribution in [-0.4, -0.2) is 26.9 Å². The lowest BCUT2D eigenvalue weighted by molar-refractivity contribution is 0.176. The highest BCUT2D eigenvalue weighted by Crippen LogP contribution is 2.30. The number of nitrogens with two attached hydrogens (primary N) is 1. The van der Waals surface area contributed by atoms with Crippen molar-refractivity contribution >= 4 is 33.6 Å². The number of rotatable bonds is 3. The fourth-order valence-electron chi connectivity index (χ4n) is 1.65. The third-order valence-electron chi connectivity index (χ3n) is 2.58. The van der Waals surface area contributed by atoms with Crippen molar-refractivity contribution in [3.8, 4) is 10.6 Å². The Balaban J connectivity index is 2.07. The van der Waals surface area contributed by atoms with Crippen molar-refractivity contribution in [1.29, 1.82) is 0 Å². The zero-order chi connectivity index (χ0) is 13.4.